The minimum Gasteiger partial charge on any atom is -0.434 e. The molecule has 7 heteroatoms. The molecule has 0 aliphatic heterocycles. The fourth-order valence-corrected chi connectivity index (χ4v) is 3.59. The highest BCUT2D eigenvalue weighted by Crippen LogP contribution is 2.28. The van der Waals surface area contributed by atoms with Crippen LogP contribution in [0.25, 0.3) is 22.2 Å². The molecule has 0 unspecified atom stereocenters. The third kappa shape index (κ3) is 3.87. The smallest absolute Gasteiger partial charge is 0.387 e. The van der Waals surface area contributed by atoms with E-state index in [0.717, 1.165) is 45.9 Å². The number of para-hydroxylation sites is 1. The molecular formula is C23H22F2N4O. The molecule has 0 amide bonds. The maximum atomic E-state index is 12.8. The summed E-state index contributed by atoms with van der Waals surface area (Å²) in [7, 11) is 0. The molecule has 0 saturated heterocycles. The van der Waals surface area contributed by atoms with Gasteiger partial charge in [0.15, 0.2) is 0 Å². The Morgan fingerprint density at radius 3 is 2.60 bits per heavy atom. The van der Waals surface area contributed by atoms with Crippen molar-refractivity contribution >= 4 is 11.0 Å². The normalized spacial score (nSPS) is 11.4. The second-order valence-electron chi connectivity index (χ2n) is 7.07. The largest absolute Gasteiger partial charge is 0.434 e. The van der Waals surface area contributed by atoms with Gasteiger partial charge in [-0.2, -0.15) is 8.78 Å². The summed E-state index contributed by atoms with van der Waals surface area (Å²) < 4.78 is 32.3. The molecule has 2 heterocycles. The van der Waals surface area contributed by atoms with Crippen molar-refractivity contribution in [2.24, 2.45) is 0 Å². The topological polar surface area (TPSA) is 52.8 Å². The van der Waals surface area contributed by atoms with E-state index in [1.807, 2.05) is 55.8 Å². The molecule has 0 aliphatic rings. The first-order valence-corrected chi connectivity index (χ1v) is 9.78. The number of alkyl halides is 2. The van der Waals surface area contributed by atoms with Crippen LogP contribution in [0.5, 0.6) is 5.75 Å². The summed E-state index contributed by atoms with van der Waals surface area (Å²) in [5.41, 5.74) is 5.28. The molecule has 30 heavy (non-hydrogen) atoms. The van der Waals surface area contributed by atoms with Gasteiger partial charge in [-0.3, -0.25) is 0 Å². The van der Waals surface area contributed by atoms with Crippen molar-refractivity contribution < 1.29 is 13.5 Å². The van der Waals surface area contributed by atoms with E-state index in [4.69, 9.17) is 4.74 Å². The van der Waals surface area contributed by atoms with E-state index >= 15 is 0 Å². The van der Waals surface area contributed by atoms with E-state index in [1.165, 1.54) is 0 Å². The fraction of sp³-hybridized carbons (Fsp3) is 0.261. The number of hydrogen-bond acceptors (Lipinski definition) is 4. The molecule has 0 spiro atoms. The van der Waals surface area contributed by atoms with Gasteiger partial charge in [-0.1, -0.05) is 31.2 Å². The number of benzene rings is 2. The lowest BCUT2D eigenvalue weighted by Crippen LogP contribution is -2.08. The van der Waals surface area contributed by atoms with Gasteiger partial charge < -0.3 is 9.30 Å². The summed E-state index contributed by atoms with van der Waals surface area (Å²) >= 11 is 0. The van der Waals surface area contributed by atoms with Crippen LogP contribution in [-0.4, -0.2) is 26.1 Å². The molecule has 2 aromatic heterocycles. The van der Waals surface area contributed by atoms with E-state index in [1.54, 1.807) is 18.2 Å². The number of fused-ring (bicyclic) bond motifs is 1. The SMILES string of the molecule is CCc1ncc(-c2ccc3nc(C)n(Cc4ccccc4OC(F)F)c3c2)c(C)n1. The first-order chi connectivity index (χ1) is 14.5. The van der Waals surface area contributed by atoms with E-state index in [2.05, 4.69) is 15.0 Å². The number of hydrogen-bond donors (Lipinski definition) is 0. The summed E-state index contributed by atoms with van der Waals surface area (Å²) in [5, 5.41) is 0. The number of aryl methyl sites for hydroxylation is 3. The average Bonchev–Trinajstić information content (AvgIpc) is 3.03. The van der Waals surface area contributed by atoms with E-state index in [-0.39, 0.29) is 5.75 Å². The zero-order chi connectivity index (χ0) is 21.3. The molecule has 4 rings (SSSR count). The number of rotatable bonds is 6. The van der Waals surface area contributed by atoms with E-state index < -0.39 is 6.61 Å². The van der Waals surface area contributed by atoms with Gasteiger partial charge in [0, 0.05) is 29.4 Å². The molecule has 0 saturated carbocycles. The number of nitrogens with zero attached hydrogens (tertiary/aromatic N) is 4. The zero-order valence-corrected chi connectivity index (χ0v) is 17.1. The van der Waals surface area contributed by atoms with Crippen molar-refractivity contribution in [2.45, 2.75) is 40.3 Å². The highest BCUT2D eigenvalue weighted by molar-refractivity contribution is 5.83. The standard InChI is InChI=1S/C23H22F2N4O/c1-4-22-26-12-18(14(2)27-22)16-9-10-19-20(11-16)29(15(3)28-19)13-17-7-5-6-8-21(17)30-23(24)25/h5-12,23H,4,13H2,1-3H3. The Labute approximate surface area is 173 Å². The van der Waals surface area contributed by atoms with E-state index in [9.17, 15) is 8.78 Å². The first-order valence-electron chi connectivity index (χ1n) is 9.78. The third-order valence-corrected chi connectivity index (χ3v) is 5.11. The summed E-state index contributed by atoms with van der Waals surface area (Å²) in [6.07, 6.45) is 2.63. The van der Waals surface area contributed by atoms with E-state index in [0.29, 0.717) is 12.1 Å². The van der Waals surface area contributed by atoms with Gasteiger partial charge in [-0.25, -0.2) is 15.0 Å². The van der Waals surface area contributed by atoms with Crippen LogP contribution in [0.1, 0.15) is 29.8 Å². The predicted molar refractivity (Wildman–Crippen MR) is 112 cm³/mol. The number of halogens is 2. The number of imidazole rings is 1. The van der Waals surface area contributed by atoms with Crippen LogP contribution in [0.15, 0.2) is 48.7 Å². The van der Waals surface area contributed by atoms with Crippen LogP contribution in [0.3, 0.4) is 0 Å². The molecule has 0 N–H and O–H groups in total. The number of ether oxygens (including phenoxy) is 1. The summed E-state index contributed by atoms with van der Waals surface area (Å²) in [5.74, 6) is 1.78. The molecule has 4 aromatic rings. The molecule has 154 valence electrons. The second kappa shape index (κ2) is 8.18. The Bertz CT molecular complexity index is 1200. The molecule has 5 nitrogen and oxygen atoms in total. The van der Waals surface area contributed by atoms with Crippen LogP contribution < -0.4 is 4.74 Å². The highest BCUT2D eigenvalue weighted by Gasteiger charge is 2.14. The molecule has 0 atom stereocenters. The monoisotopic (exact) mass is 408 g/mol. The minimum absolute atomic E-state index is 0.171. The van der Waals surface area contributed by atoms with Crippen LogP contribution in [0.2, 0.25) is 0 Å². The minimum atomic E-state index is -2.87. The van der Waals surface area contributed by atoms with Crippen molar-refractivity contribution in [3.63, 3.8) is 0 Å². The maximum absolute atomic E-state index is 12.8. The van der Waals surface area contributed by atoms with Gasteiger partial charge in [0.1, 0.15) is 17.4 Å². The molecule has 0 fully saturated rings. The molecular weight excluding hydrogens is 386 g/mol. The lowest BCUT2D eigenvalue weighted by atomic mass is 10.1. The van der Waals surface area contributed by atoms with Gasteiger partial charge in [0.05, 0.1) is 17.6 Å². The Kier molecular flexibility index (Phi) is 5.44. The van der Waals surface area contributed by atoms with Crippen LogP contribution >= 0.6 is 0 Å². The van der Waals surface area contributed by atoms with Crippen molar-refractivity contribution in [3.05, 3.63) is 71.6 Å². The Morgan fingerprint density at radius 2 is 1.87 bits per heavy atom. The molecule has 0 aliphatic carbocycles. The predicted octanol–water partition coefficient (Wildman–Crippen LogP) is 5.32. The quantitative estimate of drug-likeness (QED) is 0.433. The lowest BCUT2D eigenvalue weighted by molar-refractivity contribution is -0.0504. The summed E-state index contributed by atoms with van der Waals surface area (Å²) in [4.78, 5) is 13.6. The Balaban J connectivity index is 1.77. The van der Waals surface area contributed by atoms with Crippen LogP contribution in [0, 0.1) is 13.8 Å². The summed E-state index contributed by atoms with van der Waals surface area (Å²) in [6.45, 7) is 3.41. The van der Waals surface area contributed by atoms with Gasteiger partial charge in [-0.15, -0.1) is 0 Å². The fourth-order valence-electron chi connectivity index (χ4n) is 3.59. The first kappa shape index (κ1) is 19.9. The molecule has 0 bridgehead atoms. The molecule has 0 radical (unpaired) electrons. The van der Waals surface area contributed by atoms with Crippen molar-refractivity contribution in [1.82, 2.24) is 19.5 Å². The molecule has 2 aromatic carbocycles. The van der Waals surface area contributed by atoms with Crippen molar-refractivity contribution in [3.8, 4) is 16.9 Å². The number of aromatic nitrogens is 4. The zero-order valence-electron chi connectivity index (χ0n) is 17.1. The maximum Gasteiger partial charge on any atom is 0.387 e. The second-order valence-corrected chi connectivity index (χ2v) is 7.07. The van der Waals surface area contributed by atoms with Gasteiger partial charge in [0.25, 0.3) is 0 Å². The van der Waals surface area contributed by atoms with Crippen LogP contribution in [-0.2, 0) is 13.0 Å². The van der Waals surface area contributed by atoms with Gasteiger partial charge in [0.2, 0.25) is 0 Å². The Hall–Kier alpha value is -3.35. The average molecular weight is 408 g/mol. The lowest BCUT2D eigenvalue weighted by Gasteiger charge is -2.13. The van der Waals surface area contributed by atoms with Gasteiger partial charge >= 0.3 is 6.61 Å². The highest BCUT2D eigenvalue weighted by atomic mass is 19.3. The summed E-state index contributed by atoms with van der Waals surface area (Å²) in [6, 6.07) is 12.8. The van der Waals surface area contributed by atoms with Gasteiger partial charge in [-0.05, 0) is 37.6 Å². The van der Waals surface area contributed by atoms with Crippen LogP contribution in [0.4, 0.5) is 8.78 Å². The third-order valence-electron chi connectivity index (χ3n) is 5.11. The van der Waals surface area contributed by atoms with Crippen molar-refractivity contribution in [2.75, 3.05) is 0 Å². The van der Waals surface area contributed by atoms with Crippen molar-refractivity contribution in [1.29, 1.82) is 0 Å². The Morgan fingerprint density at radius 1 is 1.07 bits per heavy atom.